The molecule has 1 fully saturated rings. The number of nitrogens with zero attached hydrogens (tertiary/aromatic N) is 4. The van der Waals surface area contributed by atoms with Gasteiger partial charge in [0.05, 0.1) is 33.3 Å². The maximum Gasteiger partial charge on any atom is 0.247 e. The van der Waals surface area contributed by atoms with Crippen molar-refractivity contribution in [2.45, 2.75) is 37.4 Å². The van der Waals surface area contributed by atoms with Gasteiger partial charge in [-0.05, 0) is 35.7 Å². The number of anilines is 1. The Morgan fingerprint density at radius 3 is 2.07 bits per heavy atom. The third-order valence-corrected chi connectivity index (χ3v) is 8.65. The van der Waals surface area contributed by atoms with E-state index in [0.717, 1.165) is 16.7 Å². The molecule has 0 bridgehead atoms. The molecule has 3 N–H and O–H groups in total. The Kier molecular flexibility index (Phi) is 8.41. The Morgan fingerprint density at radius 1 is 0.933 bits per heavy atom. The summed E-state index contributed by atoms with van der Waals surface area (Å²) in [5.74, 6) is 0.334. The zero-order valence-electron chi connectivity index (χ0n) is 25.3. The average molecular weight is 614 g/mol. The number of rotatable bonds is 11. The van der Waals surface area contributed by atoms with E-state index in [-0.39, 0.29) is 17.5 Å². The van der Waals surface area contributed by atoms with Crippen LogP contribution in [0.25, 0.3) is 11.2 Å². The third kappa shape index (κ3) is 5.16. The Hall–Kier alpha value is -4.58. The molecule has 6 rings (SSSR count). The summed E-state index contributed by atoms with van der Waals surface area (Å²) in [6, 6.07) is 27.7. The Morgan fingerprint density at radius 2 is 1.53 bits per heavy atom. The van der Waals surface area contributed by atoms with E-state index >= 15 is 4.39 Å². The lowest BCUT2D eigenvalue weighted by atomic mass is 9.77. The van der Waals surface area contributed by atoms with Crippen molar-refractivity contribution >= 4 is 17.1 Å². The number of hydrogen-bond acceptors (Lipinski definition) is 9. The highest BCUT2D eigenvalue weighted by atomic mass is 19.1. The number of halogens is 1. The Balaban J connectivity index is 1.56. The minimum Gasteiger partial charge on any atom is -0.497 e. The Bertz CT molecular complexity index is 1690. The van der Waals surface area contributed by atoms with Crippen molar-refractivity contribution in [2.24, 2.45) is 5.92 Å². The van der Waals surface area contributed by atoms with Gasteiger partial charge in [-0.2, -0.15) is 9.97 Å². The molecule has 234 valence electrons. The maximum absolute atomic E-state index is 15.8. The minimum atomic E-state index is -1.56. The van der Waals surface area contributed by atoms with Gasteiger partial charge in [-0.1, -0.05) is 79.7 Å². The van der Waals surface area contributed by atoms with Crippen molar-refractivity contribution in [1.82, 2.24) is 19.5 Å². The first-order valence-corrected chi connectivity index (χ1v) is 14.9. The lowest BCUT2D eigenvalue weighted by Gasteiger charge is -2.37. The largest absolute Gasteiger partial charge is 0.497 e. The summed E-state index contributed by atoms with van der Waals surface area (Å²) in [4.78, 5) is 14.1. The van der Waals surface area contributed by atoms with Crippen LogP contribution in [0.5, 0.6) is 11.6 Å². The molecule has 3 atom stereocenters. The summed E-state index contributed by atoms with van der Waals surface area (Å²) in [5, 5.41) is 23.7. The summed E-state index contributed by atoms with van der Waals surface area (Å²) in [5.41, 5.74) is 0.886. The van der Waals surface area contributed by atoms with Crippen molar-refractivity contribution in [3.8, 4) is 11.6 Å². The zero-order valence-corrected chi connectivity index (χ0v) is 25.3. The first-order chi connectivity index (χ1) is 21.9. The fourth-order valence-electron chi connectivity index (χ4n) is 6.04. The molecule has 5 aromatic rings. The number of fused-ring (bicyclic) bond motifs is 1. The number of aliphatic hydroxyl groups is 2. The minimum absolute atomic E-state index is 0.202. The zero-order chi connectivity index (χ0) is 31.6. The van der Waals surface area contributed by atoms with E-state index in [1.54, 1.807) is 14.0 Å². The van der Waals surface area contributed by atoms with E-state index in [1.807, 2.05) is 91.9 Å². The fraction of sp³-hybridized carbons (Fsp3) is 0.324. The van der Waals surface area contributed by atoms with Gasteiger partial charge in [-0.3, -0.25) is 4.57 Å². The van der Waals surface area contributed by atoms with Crippen LogP contribution in [0, 0.1) is 5.92 Å². The van der Waals surface area contributed by atoms with Gasteiger partial charge >= 0.3 is 0 Å². The van der Waals surface area contributed by atoms with Crippen LogP contribution < -0.4 is 14.8 Å². The van der Waals surface area contributed by atoms with Gasteiger partial charge in [0.2, 0.25) is 11.8 Å². The number of aliphatic hydroxyl groups excluding tert-OH is 2. The molecule has 3 heterocycles. The predicted octanol–water partition coefficient (Wildman–Crippen LogP) is 4.86. The number of imidazole rings is 1. The van der Waals surface area contributed by atoms with Gasteiger partial charge in [-0.25, -0.2) is 9.37 Å². The molecule has 0 spiro atoms. The first-order valence-electron chi connectivity index (χ1n) is 14.9. The third-order valence-electron chi connectivity index (χ3n) is 8.65. The highest BCUT2D eigenvalue weighted by Crippen LogP contribution is 2.45. The number of nitrogens with one attached hydrogen (secondary N) is 1. The number of alkyl halides is 1. The molecule has 10 nitrogen and oxygen atoms in total. The molecule has 1 saturated heterocycles. The number of methoxy groups -OCH3 is 1. The molecule has 0 radical (unpaired) electrons. The molecule has 3 aromatic carbocycles. The van der Waals surface area contributed by atoms with Crippen LogP contribution in [-0.2, 0) is 10.3 Å². The van der Waals surface area contributed by atoms with E-state index in [2.05, 4.69) is 10.3 Å². The van der Waals surface area contributed by atoms with Crippen molar-refractivity contribution in [3.05, 3.63) is 108 Å². The van der Waals surface area contributed by atoms with E-state index in [4.69, 9.17) is 24.2 Å². The molecule has 1 aliphatic rings. The van der Waals surface area contributed by atoms with Crippen LogP contribution in [0.4, 0.5) is 10.3 Å². The monoisotopic (exact) mass is 613 g/mol. The smallest absolute Gasteiger partial charge is 0.247 e. The van der Waals surface area contributed by atoms with Crippen LogP contribution in [0.2, 0.25) is 0 Å². The van der Waals surface area contributed by atoms with Crippen LogP contribution in [0.15, 0.2) is 91.3 Å². The topological polar surface area (TPSA) is 124 Å². The maximum atomic E-state index is 15.8. The van der Waals surface area contributed by atoms with Gasteiger partial charge in [-0.15, -0.1) is 0 Å². The van der Waals surface area contributed by atoms with Gasteiger partial charge in [0.1, 0.15) is 16.9 Å². The highest BCUT2D eigenvalue weighted by Gasteiger charge is 2.54. The van der Waals surface area contributed by atoms with Crippen molar-refractivity contribution in [2.75, 3.05) is 32.2 Å². The average Bonchev–Trinajstić information content (AvgIpc) is 3.63. The standard InChI is InChI=1S/C34H36FN5O5/c1-4-44-30-28-29(40(21-36-28)31-27(35)22(2)33(19-41,20-42)45-31)37-32(38-30)39-34(23-11-7-5-8-12-23,24-13-9-6-10-14-24)25-15-17-26(43-3)18-16-25/h5-18,21-22,27,31,41-42H,4,19-20H2,1-3H3,(H,37,38,39)/t22-,27+,31+/m0/s1. The summed E-state index contributed by atoms with van der Waals surface area (Å²) in [6.07, 6.45) is -1.34. The van der Waals surface area contributed by atoms with Crippen molar-refractivity contribution in [3.63, 3.8) is 0 Å². The molecule has 2 aromatic heterocycles. The van der Waals surface area contributed by atoms with Crippen LogP contribution in [0.1, 0.15) is 36.8 Å². The highest BCUT2D eigenvalue weighted by molar-refractivity contribution is 5.78. The molecular formula is C34H36FN5O5. The normalized spacial score (nSPS) is 19.5. The van der Waals surface area contributed by atoms with Crippen LogP contribution in [0.3, 0.4) is 0 Å². The Labute approximate surface area is 260 Å². The van der Waals surface area contributed by atoms with E-state index in [1.165, 1.54) is 10.9 Å². The lowest BCUT2D eigenvalue weighted by Crippen LogP contribution is -2.43. The van der Waals surface area contributed by atoms with Gasteiger partial charge in [0.15, 0.2) is 23.6 Å². The SMILES string of the molecule is CCOc1nc(NC(c2ccccc2)(c2ccccc2)c2ccc(OC)cc2)nc2c1ncn2[C@@H]1OC(CO)(CO)[C@@H](C)[C@H]1F. The molecule has 1 aliphatic heterocycles. The van der Waals surface area contributed by atoms with Gasteiger partial charge in [0, 0.05) is 5.92 Å². The summed E-state index contributed by atoms with van der Waals surface area (Å²) < 4.78 is 34.7. The molecular weight excluding hydrogens is 577 g/mol. The van der Waals surface area contributed by atoms with E-state index in [0.29, 0.717) is 17.9 Å². The van der Waals surface area contributed by atoms with E-state index < -0.39 is 42.7 Å². The van der Waals surface area contributed by atoms with Crippen LogP contribution in [-0.4, -0.2) is 68.4 Å². The second kappa shape index (κ2) is 12.4. The van der Waals surface area contributed by atoms with Crippen LogP contribution >= 0.6 is 0 Å². The second-order valence-corrected chi connectivity index (χ2v) is 11.1. The van der Waals surface area contributed by atoms with E-state index in [9.17, 15) is 10.2 Å². The molecule has 0 aliphatic carbocycles. The summed E-state index contributed by atoms with van der Waals surface area (Å²) in [6.45, 7) is 2.66. The van der Waals surface area contributed by atoms with Gasteiger partial charge < -0.3 is 29.7 Å². The number of ether oxygens (including phenoxy) is 3. The van der Waals surface area contributed by atoms with Crippen molar-refractivity contribution < 1.29 is 28.8 Å². The first kappa shape index (κ1) is 30.4. The quantitative estimate of drug-likeness (QED) is 0.179. The van der Waals surface area contributed by atoms with Crippen molar-refractivity contribution in [1.29, 1.82) is 0 Å². The molecule has 45 heavy (non-hydrogen) atoms. The molecule has 0 unspecified atom stereocenters. The van der Waals surface area contributed by atoms with Gasteiger partial charge in [0.25, 0.3) is 0 Å². The fourth-order valence-corrected chi connectivity index (χ4v) is 6.04. The summed E-state index contributed by atoms with van der Waals surface area (Å²) >= 11 is 0. The number of aromatic nitrogens is 4. The number of hydrogen-bond donors (Lipinski definition) is 3. The summed E-state index contributed by atoms with van der Waals surface area (Å²) in [7, 11) is 1.62. The lowest BCUT2D eigenvalue weighted by molar-refractivity contribution is -0.134. The molecule has 11 heteroatoms. The molecule has 0 saturated carbocycles. The second-order valence-electron chi connectivity index (χ2n) is 11.1. The number of benzene rings is 3. The predicted molar refractivity (Wildman–Crippen MR) is 167 cm³/mol. The molecule has 0 amide bonds.